The number of benzene rings is 1. The number of nitrogens with two attached hydrogens (primary N) is 1. The van der Waals surface area contributed by atoms with E-state index in [1.165, 1.54) is 5.56 Å². The second kappa shape index (κ2) is 4.47. The highest BCUT2D eigenvalue weighted by atomic mass is 16.5. The highest BCUT2D eigenvalue weighted by molar-refractivity contribution is 5.45. The molecule has 1 atom stereocenters. The lowest BCUT2D eigenvalue weighted by Crippen LogP contribution is -2.11. The summed E-state index contributed by atoms with van der Waals surface area (Å²) in [6.45, 7) is 6.22. The molecule has 0 heterocycles. The largest absolute Gasteiger partial charge is 0.496 e. The van der Waals surface area contributed by atoms with Gasteiger partial charge in [0.25, 0.3) is 0 Å². The van der Waals surface area contributed by atoms with Crippen LogP contribution in [0.2, 0.25) is 0 Å². The first-order valence-electron chi connectivity index (χ1n) is 5.00. The Kier molecular flexibility index (Phi) is 3.53. The predicted octanol–water partition coefficient (Wildman–Crippen LogP) is 2.72. The molecule has 0 saturated heterocycles. The normalized spacial score (nSPS) is 12.6. The van der Waals surface area contributed by atoms with Gasteiger partial charge in [0, 0.05) is 11.6 Å². The van der Waals surface area contributed by atoms with Crippen molar-refractivity contribution < 1.29 is 4.74 Å². The summed E-state index contributed by atoms with van der Waals surface area (Å²) < 4.78 is 5.37. The van der Waals surface area contributed by atoms with Crippen LogP contribution in [0.4, 0.5) is 0 Å². The first kappa shape index (κ1) is 11.1. The van der Waals surface area contributed by atoms with Crippen LogP contribution in [0.25, 0.3) is 0 Å². The molecule has 0 amide bonds. The fourth-order valence-corrected chi connectivity index (χ4v) is 1.76. The Balaban J connectivity index is 3.24. The minimum Gasteiger partial charge on any atom is -0.496 e. The Bertz CT molecular complexity index is 320. The van der Waals surface area contributed by atoms with E-state index in [1.54, 1.807) is 7.11 Å². The number of methoxy groups -OCH3 is 1. The average molecular weight is 193 g/mol. The number of aryl methyl sites for hydroxylation is 2. The van der Waals surface area contributed by atoms with Crippen molar-refractivity contribution in [3.63, 3.8) is 0 Å². The third-order valence-corrected chi connectivity index (χ3v) is 2.49. The van der Waals surface area contributed by atoms with Crippen LogP contribution in [0.15, 0.2) is 12.1 Å². The standard InChI is InChI=1S/C12H19NO/c1-5-11(13)10-7-8(2)6-9(3)12(10)14-4/h6-7,11H,5,13H2,1-4H3. The maximum Gasteiger partial charge on any atom is 0.126 e. The zero-order chi connectivity index (χ0) is 10.7. The minimum atomic E-state index is 0.0727. The average Bonchev–Trinajstić information content (AvgIpc) is 2.15. The molecule has 0 aliphatic rings. The fraction of sp³-hybridized carbons (Fsp3) is 0.500. The Morgan fingerprint density at radius 1 is 1.36 bits per heavy atom. The Hall–Kier alpha value is -1.02. The maximum atomic E-state index is 6.03. The quantitative estimate of drug-likeness (QED) is 0.801. The zero-order valence-electron chi connectivity index (χ0n) is 9.42. The number of ether oxygens (including phenoxy) is 1. The molecular formula is C12H19NO. The summed E-state index contributed by atoms with van der Waals surface area (Å²) in [5, 5.41) is 0. The van der Waals surface area contributed by atoms with Crippen LogP contribution in [0.5, 0.6) is 5.75 Å². The van der Waals surface area contributed by atoms with Gasteiger partial charge in [-0.2, -0.15) is 0 Å². The zero-order valence-corrected chi connectivity index (χ0v) is 9.42. The van der Waals surface area contributed by atoms with Crippen molar-refractivity contribution in [2.24, 2.45) is 5.73 Å². The van der Waals surface area contributed by atoms with Crippen LogP contribution < -0.4 is 10.5 Å². The molecule has 2 nitrogen and oxygen atoms in total. The van der Waals surface area contributed by atoms with Gasteiger partial charge in [-0.15, -0.1) is 0 Å². The summed E-state index contributed by atoms with van der Waals surface area (Å²) in [7, 11) is 1.70. The molecule has 0 aliphatic heterocycles. The summed E-state index contributed by atoms with van der Waals surface area (Å²) in [6.07, 6.45) is 0.930. The lowest BCUT2D eigenvalue weighted by molar-refractivity contribution is 0.401. The van der Waals surface area contributed by atoms with Gasteiger partial charge in [0.15, 0.2) is 0 Å². The van der Waals surface area contributed by atoms with Crippen molar-refractivity contribution in [1.82, 2.24) is 0 Å². The van der Waals surface area contributed by atoms with Crippen LogP contribution >= 0.6 is 0 Å². The third kappa shape index (κ3) is 2.07. The summed E-state index contributed by atoms with van der Waals surface area (Å²) in [5.41, 5.74) is 9.54. The Morgan fingerprint density at radius 3 is 2.50 bits per heavy atom. The maximum absolute atomic E-state index is 6.03. The molecule has 2 N–H and O–H groups in total. The molecule has 1 unspecified atom stereocenters. The third-order valence-electron chi connectivity index (χ3n) is 2.49. The second-order valence-electron chi connectivity index (χ2n) is 3.72. The van der Waals surface area contributed by atoms with Gasteiger partial charge in [0.1, 0.15) is 5.75 Å². The van der Waals surface area contributed by atoms with Crippen LogP contribution in [0.1, 0.15) is 36.1 Å². The highest BCUT2D eigenvalue weighted by Gasteiger charge is 2.12. The Labute approximate surface area is 86.1 Å². The van der Waals surface area contributed by atoms with E-state index in [0.717, 1.165) is 23.3 Å². The lowest BCUT2D eigenvalue weighted by atomic mass is 9.99. The first-order valence-corrected chi connectivity index (χ1v) is 5.00. The summed E-state index contributed by atoms with van der Waals surface area (Å²) in [6, 6.07) is 4.30. The van der Waals surface area contributed by atoms with Crippen molar-refractivity contribution in [2.45, 2.75) is 33.2 Å². The van der Waals surface area contributed by atoms with E-state index in [9.17, 15) is 0 Å². The lowest BCUT2D eigenvalue weighted by Gasteiger charge is -2.17. The topological polar surface area (TPSA) is 35.2 Å². The van der Waals surface area contributed by atoms with E-state index in [0.29, 0.717) is 0 Å². The molecule has 0 aromatic heterocycles. The van der Waals surface area contributed by atoms with Crippen LogP contribution in [-0.4, -0.2) is 7.11 Å². The fourth-order valence-electron chi connectivity index (χ4n) is 1.76. The van der Waals surface area contributed by atoms with Gasteiger partial charge in [-0.25, -0.2) is 0 Å². The molecule has 0 aliphatic carbocycles. The van der Waals surface area contributed by atoms with Crippen LogP contribution in [0, 0.1) is 13.8 Å². The second-order valence-corrected chi connectivity index (χ2v) is 3.72. The molecule has 14 heavy (non-hydrogen) atoms. The molecule has 0 saturated carbocycles. The molecule has 0 fully saturated rings. The predicted molar refractivity (Wildman–Crippen MR) is 59.7 cm³/mol. The van der Waals surface area contributed by atoms with Crippen molar-refractivity contribution in [2.75, 3.05) is 7.11 Å². The number of hydrogen-bond donors (Lipinski definition) is 1. The van der Waals surface area contributed by atoms with Crippen molar-refractivity contribution in [3.8, 4) is 5.75 Å². The summed E-state index contributed by atoms with van der Waals surface area (Å²) in [4.78, 5) is 0. The van der Waals surface area contributed by atoms with Gasteiger partial charge >= 0.3 is 0 Å². The minimum absolute atomic E-state index is 0.0727. The molecule has 78 valence electrons. The molecule has 0 spiro atoms. The number of rotatable bonds is 3. The van der Waals surface area contributed by atoms with Gasteiger partial charge < -0.3 is 10.5 Å². The molecule has 1 rings (SSSR count). The van der Waals surface area contributed by atoms with Crippen molar-refractivity contribution >= 4 is 0 Å². The van der Waals surface area contributed by atoms with E-state index in [2.05, 4.69) is 32.9 Å². The smallest absolute Gasteiger partial charge is 0.126 e. The summed E-state index contributed by atoms with van der Waals surface area (Å²) >= 11 is 0. The molecular weight excluding hydrogens is 174 g/mol. The number of hydrogen-bond acceptors (Lipinski definition) is 2. The van der Waals surface area contributed by atoms with Crippen LogP contribution in [-0.2, 0) is 0 Å². The van der Waals surface area contributed by atoms with E-state index in [1.807, 2.05) is 0 Å². The molecule has 2 heteroatoms. The SMILES string of the molecule is CCC(N)c1cc(C)cc(C)c1OC. The molecule has 0 radical (unpaired) electrons. The molecule has 0 bridgehead atoms. The molecule has 1 aromatic rings. The van der Waals surface area contributed by atoms with E-state index >= 15 is 0 Å². The van der Waals surface area contributed by atoms with Gasteiger partial charge in [-0.05, 0) is 25.8 Å². The monoisotopic (exact) mass is 193 g/mol. The van der Waals surface area contributed by atoms with Gasteiger partial charge in [0.05, 0.1) is 7.11 Å². The van der Waals surface area contributed by atoms with Crippen molar-refractivity contribution in [3.05, 3.63) is 28.8 Å². The van der Waals surface area contributed by atoms with Gasteiger partial charge in [-0.1, -0.05) is 24.6 Å². The first-order chi connectivity index (χ1) is 6.60. The van der Waals surface area contributed by atoms with Gasteiger partial charge in [0.2, 0.25) is 0 Å². The highest BCUT2D eigenvalue weighted by Crippen LogP contribution is 2.30. The molecule has 1 aromatic carbocycles. The summed E-state index contributed by atoms with van der Waals surface area (Å²) in [5.74, 6) is 0.935. The van der Waals surface area contributed by atoms with E-state index in [-0.39, 0.29) is 6.04 Å². The van der Waals surface area contributed by atoms with Crippen molar-refractivity contribution in [1.29, 1.82) is 0 Å². The van der Waals surface area contributed by atoms with E-state index in [4.69, 9.17) is 10.5 Å². The van der Waals surface area contributed by atoms with Crippen LogP contribution in [0.3, 0.4) is 0 Å². The van der Waals surface area contributed by atoms with E-state index < -0.39 is 0 Å². The van der Waals surface area contributed by atoms with Gasteiger partial charge in [-0.3, -0.25) is 0 Å². The Morgan fingerprint density at radius 2 is 2.00 bits per heavy atom.